The summed E-state index contributed by atoms with van der Waals surface area (Å²) in [5.41, 5.74) is 2.02. The van der Waals surface area contributed by atoms with Crippen molar-refractivity contribution in [3.63, 3.8) is 0 Å². The molecule has 0 bridgehead atoms. The van der Waals surface area contributed by atoms with E-state index in [2.05, 4.69) is 0 Å². The van der Waals surface area contributed by atoms with Gasteiger partial charge >= 0.3 is 0 Å². The van der Waals surface area contributed by atoms with E-state index < -0.39 is 0 Å². The Morgan fingerprint density at radius 3 is 2.91 bits per heavy atom. The highest BCUT2D eigenvalue weighted by Gasteiger charge is 2.17. The Morgan fingerprint density at radius 1 is 1.36 bits per heavy atom. The van der Waals surface area contributed by atoms with Gasteiger partial charge in [0.2, 0.25) is 5.78 Å². The van der Waals surface area contributed by atoms with E-state index in [-0.39, 0.29) is 22.9 Å². The molecule has 0 amide bonds. The van der Waals surface area contributed by atoms with Crippen molar-refractivity contribution < 1.29 is 14.6 Å². The molecule has 0 aromatic carbocycles. The third kappa shape index (κ3) is 2.07. The molecule has 0 saturated heterocycles. The fourth-order valence-electron chi connectivity index (χ4n) is 2.40. The molecule has 2 heterocycles. The topological polar surface area (TPSA) is 74.7 Å². The molecule has 3 rings (SSSR count). The van der Waals surface area contributed by atoms with Gasteiger partial charge in [-0.2, -0.15) is 5.26 Å². The monoisotopic (exact) mass is 292 g/mol. The Bertz CT molecular complexity index is 908. The number of nitrogens with zero attached hydrogens (tertiary/aromatic N) is 2. The lowest BCUT2D eigenvalue weighted by molar-refractivity contribution is -0.114. The Morgan fingerprint density at radius 2 is 2.18 bits per heavy atom. The standard InChI is InChI=1S/C17H12N2O3/c1-22-16-9-11(5-6-15(16)20)8-14-17(21)12(10-18)13-4-2-3-7-19(13)14/h2-9,21H,1H3/b11-8+. The number of pyridine rings is 1. The molecule has 0 saturated carbocycles. The number of aromatic hydroxyl groups is 1. The van der Waals surface area contributed by atoms with Gasteiger partial charge in [-0.25, -0.2) is 0 Å². The second kappa shape index (κ2) is 5.26. The average Bonchev–Trinajstić information content (AvgIpc) is 2.81. The van der Waals surface area contributed by atoms with Gasteiger partial charge in [-0.15, -0.1) is 0 Å². The summed E-state index contributed by atoms with van der Waals surface area (Å²) in [5, 5.41) is 19.5. The van der Waals surface area contributed by atoms with Crippen LogP contribution in [0.25, 0.3) is 11.6 Å². The second-order valence-electron chi connectivity index (χ2n) is 4.73. The number of hydrogen-bond donors (Lipinski definition) is 1. The molecule has 1 N–H and O–H groups in total. The number of ether oxygens (including phenoxy) is 1. The van der Waals surface area contributed by atoms with E-state index >= 15 is 0 Å². The lowest BCUT2D eigenvalue weighted by atomic mass is 10.1. The minimum Gasteiger partial charge on any atom is -0.504 e. The van der Waals surface area contributed by atoms with Crippen LogP contribution in [-0.4, -0.2) is 22.4 Å². The third-order valence-electron chi connectivity index (χ3n) is 3.46. The van der Waals surface area contributed by atoms with Crippen molar-refractivity contribution in [3.05, 3.63) is 65.2 Å². The Kier molecular flexibility index (Phi) is 3.28. The van der Waals surface area contributed by atoms with Crippen LogP contribution in [0.15, 0.2) is 54.0 Å². The molecule has 0 fully saturated rings. The van der Waals surface area contributed by atoms with Crippen molar-refractivity contribution in [2.24, 2.45) is 0 Å². The SMILES string of the molecule is COC1=C/C(=C/c2c(O)c(C#N)c3ccccn23)C=CC1=O. The maximum Gasteiger partial charge on any atom is 0.220 e. The summed E-state index contributed by atoms with van der Waals surface area (Å²) < 4.78 is 6.74. The van der Waals surface area contributed by atoms with Crippen LogP contribution >= 0.6 is 0 Å². The van der Waals surface area contributed by atoms with Gasteiger partial charge in [-0.3, -0.25) is 4.79 Å². The zero-order valence-corrected chi connectivity index (χ0v) is 11.8. The molecule has 0 atom stereocenters. The van der Waals surface area contributed by atoms with Crippen LogP contribution in [0.1, 0.15) is 11.3 Å². The summed E-state index contributed by atoms with van der Waals surface area (Å²) in [6, 6.07) is 7.38. The summed E-state index contributed by atoms with van der Waals surface area (Å²) in [7, 11) is 1.43. The largest absolute Gasteiger partial charge is 0.504 e. The first kappa shape index (κ1) is 13.7. The molecule has 2 aromatic rings. The van der Waals surface area contributed by atoms with Crippen molar-refractivity contribution in [1.82, 2.24) is 4.40 Å². The number of allylic oxidation sites excluding steroid dienone is 4. The van der Waals surface area contributed by atoms with Gasteiger partial charge in [0.1, 0.15) is 11.6 Å². The van der Waals surface area contributed by atoms with Crippen LogP contribution in [0.5, 0.6) is 5.75 Å². The number of carbonyl (C=O) groups is 1. The lowest BCUT2D eigenvalue weighted by Crippen LogP contribution is -2.04. The highest BCUT2D eigenvalue weighted by atomic mass is 16.5. The molecule has 1 aliphatic carbocycles. The van der Waals surface area contributed by atoms with Crippen LogP contribution in [-0.2, 0) is 9.53 Å². The average molecular weight is 292 g/mol. The Hall–Kier alpha value is -3.26. The van der Waals surface area contributed by atoms with Gasteiger partial charge in [-0.1, -0.05) is 12.1 Å². The van der Waals surface area contributed by atoms with Crippen LogP contribution in [0.3, 0.4) is 0 Å². The quantitative estimate of drug-likeness (QED) is 0.923. The van der Waals surface area contributed by atoms with Crippen molar-refractivity contribution in [2.75, 3.05) is 7.11 Å². The first-order valence-corrected chi connectivity index (χ1v) is 6.57. The Balaban J connectivity index is 2.20. The number of rotatable bonds is 2. The Labute approximate surface area is 126 Å². The summed E-state index contributed by atoms with van der Waals surface area (Å²) in [4.78, 5) is 11.5. The molecule has 2 aromatic heterocycles. The first-order chi connectivity index (χ1) is 10.7. The number of ketones is 1. The van der Waals surface area contributed by atoms with E-state index in [1.54, 1.807) is 41.0 Å². The zero-order chi connectivity index (χ0) is 15.7. The van der Waals surface area contributed by atoms with Crippen LogP contribution in [0, 0.1) is 11.3 Å². The van der Waals surface area contributed by atoms with Crippen molar-refractivity contribution in [2.45, 2.75) is 0 Å². The van der Waals surface area contributed by atoms with Crippen LogP contribution < -0.4 is 0 Å². The molecule has 0 unspecified atom stereocenters. The molecule has 5 heteroatoms. The highest BCUT2D eigenvalue weighted by molar-refractivity contribution is 6.05. The smallest absolute Gasteiger partial charge is 0.220 e. The summed E-state index contributed by atoms with van der Waals surface area (Å²) >= 11 is 0. The van der Waals surface area contributed by atoms with Gasteiger partial charge in [0, 0.05) is 6.20 Å². The first-order valence-electron chi connectivity index (χ1n) is 6.57. The van der Waals surface area contributed by atoms with E-state index in [0.29, 0.717) is 16.8 Å². The summed E-state index contributed by atoms with van der Waals surface area (Å²) in [6.45, 7) is 0. The maximum atomic E-state index is 11.5. The molecule has 0 radical (unpaired) electrons. The van der Waals surface area contributed by atoms with Gasteiger partial charge < -0.3 is 14.2 Å². The van der Waals surface area contributed by atoms with Gasteiger partial charge in [0.15, 0.2) is 11.5 Å². The fraction of sp³-hybridized carbons (Fsp3) is 0.0588. The zero-order valence-electron chi connectivity index (χ0n) is 11.8. The predicted octanol–water partition coefficient (Wildman–Crippen LogP) is 2.57. The summed E-state index contributed by atoms with van der Waals surface area (Å²) in [6.07, 6.45) is 8.10. The molecule has 0 aliphatic heterocycles. The van der Waals surface area contributed by atoms with Gasteiger partial charge in [0.05, 0.1) is 18.3 Å². The second-order valence-corrected chi connectivity index (χ2v) is 4.73. The molecule has 5 nitrogen and oxygen atoms in total. The number of carbonyl (C=O) groups excluding carboxylic acids is 1. The number of nitriles is 1. The maximum absolute atomic E-state index is 11.5. The van der Waals surface area contributed by atoms with E-state index in [4.69, 9.17) is 4.74 Å². The van der Waals surface area contributed by atoms with E-state index in [0.717, 1.165) is 0 Å². The fourth-order valence-corrected chi connectivity index (χ4v) is 2.40. The molecule has 1 aliphatic rings. The highest BCUT2D eigenvalue weighted by Crippen LogP contribution is 2.31. The molecule has 0 spiro atoms. The minimum absolute atomic E-state index is 0.0844. The third-order valence-corrected chi connectivity index (χ3v) is 3.46. The summed E-state index contributed by atoms with van der Waals surface area (Å²) in [5.74, 6) is -0.0601. The molecular formula is C17H12N2O3. The van der Waals surface area contributed by atoms with E-state index in [9.17, 15) is 15.2 Å². The van der Waals surface area contributed by atoms with E-state index in [1.807, 2.05) is 12.1 Å². The minimum atomic E-state index is -0.207. The van der Waals surface area contributed by atoms with Crippen LogP contribution in [0.4, 0.5) is 0 Å². The number of methoxy groups -OCH3 is 1. The lowest BCUT2D eigenvalue weighted by Gasteiger charge is -2.07. The number of fused-ring (bicyclic) bond motifs is 1. The molecule has 22 heavy (non-hydrogen) atoms. The number of aromatic nitrogens is 1. The molecular weight excluding hydrogens is 280 g/mol. The van der Waals surface area contributed by atoms with E-state index in [1.165, 1.54) is 13.2 Å². The number of hydrogen-bond acceptors (Lipinski definition) is 4. The van der Waals surface area contributed by atoms with Crippen molar-refractivity contribution >= 4 is 17.4 Å². The van der Waals surface area contributed by atoms with Gasteiger partial charge in [-0.05, 0) is 35.9 Å². The van der Waals surface area contributed by atoms with Gasteiger partial charge in [0.25, 0.3) is 0 Å². The van der Waals surface area contributed by atoms with Crippen molar-refractivity contribution in [3.8, 4) is 11.8 Å². The predicted molar refractivity (Wildman–Crippen MR) is 81.0 cm³/mol. The van der Waals surface area contributed by atoms with Crippen LogP contribution in [0.2, 0.25) is 0 Å². The normalized spacial score (nSPS) is 15.9. The molecule has 108 valence electrons. The van der Waals surface area contributed by atoms with Crippen molar-refractivity contribution in [1.29, 1.82) is 5.26 Å².